The Kier molecular flexibility index (Phi) is 3.99. The number of nitrogens with zero attached hydrogens (tertiary/aromatic N) is 1. The largest absolute Gasteiger partial charge is 0.269 e. The SMILES string of the molecule is O=[N+]([O-])c1ccc(-c2[c]cccc2C(Cl)(Cl)Cl)cc1. The summed E-state index contributed by atoms with van der Waals surface area (Å²) in [7, 11) is 0. The summed E-state index contributed by atoms with van der Waals surface area (Å²) in [4.78, 5) is 10.1. The minimum atomic E-state index is -1.57. The van der Waals surface area contributed by atoms with E-state index in [0.717, 1.165) is 0 Å². The third-order valence-corrected chi connectivity index (χ3v) is 3.14. The number of benzene rings is 2. The zero-order valence-corrected chi connectivity index (χ0v) is 11.7. The molecule has 0 saturated heterocycles. The van der Waals surface area contributed by atoms with Gasteiger partial charge in [-0.3, -0.25) is 10.1 Å². The van der Waals surface area contributed by atoms with E-state index in [1.165, 1.54) is 12.1 Å². The van der Waals surface area contributed by atoms with Crippen LogP contribution in [0.3, 0.4) is 0 Å². The molecule has 97 valence electrons. The zero-order valence-electron chi connectivity index (χ0n) is 9.44. The van der Waals surface area contributed by atoms with Crippen LogP contribution in [-0.2, 0) is 3.79 Å². The molecule has 0 aliphatic carbocycles. The quantitative estimate of drug-likeness (QED) is 0.450. The number of hydrogen-bond acceptors (Lipinski definition) is 2. The molecule has 0 fully saturated rings. The summed E-state index contributed by atoms with van der Waals surface area (Å²) in [6.07, 6.45) is 0. The smallest absolute Gasteiger partial charge is 0.258 e. The Morgan fingerprint density at radius 1 is 1.11 bits per heavy atom. The molecule has 0 saturated carbocycles. The zero-order chi connectivity index (χ0) is 14.0. The fraction of sp³-hybridized carbons (Fsp3) is 0.0769. The van der Waals surface area contributed by atoms with Crippen LogP contribution in [0.4, 0.5) is 5.69 Å². The summed E-state index contributed by atoms with van der Waals surface area (Å²) in [6.45, 7) is 0. The van der Waals surface area contributed by atoms with Crippen molar-refractivity contribution in [3.63, 3.8) is 0 Å². The predicted octanol–water partition coefficient (Wildman–Crippen LogP) is 4.89. The molecule has 2 aromatic rings. The van der Waals surface area contributed by atoms with Crippen molar-refractivity contribution in [2.75, 3.05) is 0 Å². The van der Waals surface area contributed by atoms with E-state index < -0.39 is 8.72 Å². The van der Waals surface area contributed by atoms with Crippen LogP contribution in [0.2, 0.25) is 0 Å². The summed E-state index contributed by atoms with van der Waals surface area (Å²) >= 11 is 17.7. The first-order valence-electron chi connectivity index (χ1n) is 5.22. The molecule has 0 N–H and O–H groups in total. The van der Waals surface area contributed by atoms with Gasteiger partial charge in [-0.25, -0.2) is 0 Å². The van der Waals surface area contributed by atoms with Gasteiger partial charge < -0.3 is 0 Å². The monoisotopic (exact) mass is 314 g/mol. The van der Waals surface area contributed by atoms with Gasteiger partial charge in [0.2, 0.25) is 3.79 Å². The van der Waals surface area contributed by atoms with Gasteiger partial charge in [0, 0.05) is 17.7 Å². The number of non-ortho nitro benzene ring substituents is 1. The lowest BCUT2D eigenvalue weighted by atomic mass is 10.0. The Bertz CT molecular complexity index is 606. The van der Waals surface area contributed by atoms with Crippen LogP contribution in [0, 0.1) is 16.2 Å². The van der Waals surface area contributed by atoms with Crippen LogP contribution < -0.4 is 0 Å². The van der Waals surface area contributed by atoms with Gasteiger partial charge in [-0.15, -0.1) is 0 Å². The molecule has 0 heterocycles. The number of hydrogen-bond donors (Lipinski definition) is 0. The summed E-state index contributed by atoms with van der Waals surface area (Å²) < 4.78 is -1.57. The van der Waals surface area contributed by atoms with Gasteiger partial charge in [-0.05, 0) is 29.3 Å². The molecule has 0 atom stereocenters. The molecule has 19 heavy (non-hydrogen) atoms. The molecule has 0 bridgehead atoms. The van der Waals surface area contributed by atoms with Gasteiger partial charge in [-0.2, -0.15) is 0 Å². The molecular formula is C13H7Cl3NO2. The van der Waals surface area contributed by atoms with Crippen molar-refractivity contribution in [3.05, 3.63) is 64.2 Å². The molecule has 0 aliphatic heterocycles. The Morgan fingerprint density at radius 2 is 1.74 bits per heavy atom. The van der Waals surface area contributed by atoms with Crippen molar-refractivity contribution in [2.24, 2.45) is 0 Å². The van der Waals surface area contributed by atoms with E-state index in [1.807, 2.05) is 0 Å². The molecule has 2 aromatic carbocycles. The van der Waals surface area contributed by atoms with E-state index in [2.05, 4.69) is 6.07 Å². The molecule has 6 heteroatoms. The van der Waals surface area contributed by atoms with Crippen LogP contribution in [-0.4, -0.2) is 4.92 Å². The Balaban J connectivity index is 2.50. The minimum absolute atomic E-state index is 0.00937. The fourth-order valence-electron chi connectivity index (χ4n) is 1.66. The van der Waals surface area contributed by atoms with E-state index in [0.29, 0.717) is 16.7 Å². The second-order valence-electron chi connectivity index (χ2n) is 3.76. The van der Waals surface area contributed by atoms with E-state index in [4.69, 9.17) is 34.8 Å². The van der Waals surface area contributed by atoms with Gasteiger partial charge in [0.15, 0.2) is 0 Å². The number of alkyl halides is 3. The van der Waals surface area contributed by atoms with E-state index in [-0.39, 0.29) is 5.69 Å². The molecule has 1 radical (unpaired) electrons. The van der Waals surface area contributed by atoms with Crippen LogP contribution >= 0.6 is 34.8 Å². The third-order valence-electron chi connectivity index (χ3n) is 2.53. The normalized spacial score (nSPS) is 11.3. The van der Waals surface area contributed by atoms with Gasteiger partial charge in [0.1, 0.15) is 0 Å². The Labute approximate surface area is 124 Å². The lowest BCUT2D eigenvalue weighted by Gasteiger charge is -2.16. The Morgan fingerprint density at radius 3 is 2.26 bits per heavy atom. The highest BCUT2D eigenvalue weighted by molar-refractivity contribution is 6.67. The summed E-state index contributed by atoms with van der Waals surface area (Å²) in [5, 5.41) is 10.6. The highest BCUT2D eigenvalue weighted by atomic mass is 35.6. The van der Waals surface area contributed by atoms with Crippen molar-refractivity contribution in [3.8, 4) is 11.1 Å². The molecule has 0 aliphatic rings. The van der Waals surface area contributed by atoms with E-state index in [9.17, 15) is 10.1 Å². The van der Waals surface area contributed by atoms with Gasteiger partial charge in [-0.1, -0.05) is 53.0 Å². The van der Waals surface area contributed by atoms with Crippen molar-refractivity contribution in [2.45, 2.75) is 3.79 Å². The summed E-state index contributed by atoms with van der Waals surface area (Å²) in [5.74, 6) is 0. The van der Waals surface area contributed by atoms with Crippen molar-refractivity contribution < 1.29 is 4.92 Å². The fourth-order valence-corrected chi connectivity index (χ4v) is 2.13. The minimum Gasteiger partial charge on any atom is -0.258 e. The second kappa shape index (κ2) is 5.37. The molecule has 0 spiro atoms. The van der Waals surface area contributed by atoms with Crippen LogP contribution in [0.5, 0.6) is 0 Å². The highest BCUT2D eigenvalue weighted by Gasteiger charge is 2.26. The van der Waals surface area contributed by atoms with E-state index >= 15 is 0 Å². The van der Waals surface area contributed by atoms with Crippen molar-refractivity contribution in [1.29, 1.82) is 0 Å². The molecule has 0 amide bonds. The molecule has 2 rings (SSSR count). The lowest BCUT2D eigenvalue weighted by Crippen LogP contribution is -2.02. The van der Waals surface area contributed by atoms with Gasteiger partial charge in [0.05, 0.1) is 4.92 Å². The molecule has 0 unspecified atom stereocenters. The topological polar surface area (TPSA) is 43.1 Å². The maximum absolute atomic E-state index is 10.6. The first kappa shape index (κ1) is 14.1. The summed E-state index contributed by atoms with van der Waals surface area (Å²) in [5.41, 5.74) is 1.80. The lowest BCUT2D eigenvalue weighted by molar-refractivity contribution is -0.384. The van der Waals surface area contributed by atoms with Crippen molar-refractivity contribution in [1.82, 2.24) is 0 Å². The second-order valence-corrected chi connectivity index (χ2v) is 6.04. The number of nitro benzene ring substituents is 1. The average molecular weight is 316 g/mol. The standard InChI is InChI=1S/C13H7Cl3NO2/c14-13(15,16)12-4-2-1-3-11(12)9-5-7-10(8-6-9)17(18)19/h1-2,4-8H. The van der Waals surface area contributed by atoms with Gasteiger partial charge in [0.25, 0.3) is 5.69 Å². The number of nitro groups is 1. The number of halogens is 3. The summed E-state index contributed by atoms with van der Waals surface area (Å²) in [6, 6.07) is 14.1. The predicted molar refractivity (Wildman–Crippen MR) is 76.6 cm³/mol. The average Bonchev–Trinajstić information content (AvgIpc) is 2.38. The highest BCUT2D eigenvalue weighted by Crippen LogP contribution is 2.42. The first-order chi connectivity index (χ1) is 8.89. The number of rotatable bonds is 2. The maximum atomic E-state index is 10.6. The van der Waals surface area contributed by atoms with Crippen LogP contribution in [0.25, 0.3) is 11.1 Å². The van der Waals surface area contributed by atoms with Crippen LogP contribution in [0.1, 0.15) is 5.56 Å². The van der Waals surface area contributed by atoms with Gasteiger partial charge >= 0.3 is 0 Å². The maximum Gasteiger partial charge on any atom is 0.269 e. The Hall–Kier alpha value is -1.29. The van der Waals surface area contributed by atoms with Crippen LogP contribution in [0.15, 0.2) is 42.5 Å². The van der Waals surface area contributed by atoms with E-state index in [1.54, 1.807) is 30.3 Å². The third kappa shape index (κ3) is 3.18. The van der Waals surface area contributed by atoms with Crippen molar-refractivity contribution >= 4 is 40.5 Å². The molecule has 0 aromatic heterocycles. The molecule has 3 nitrogen and oxygen atoms in total. The molecular weight excluding hydrogens is 309 g/mol. The first-order valence-corrected chi connectivity index (χ1v) is 6.35.